The second-order valence-corrected chi connectivity index (χ2v) is 3.62. The van der Waals surface area contributed by atoms with Gasteiger partial charge in [-0.3, -0.25) is 4.98 Å². The number of pyridine rings is 1. The molecule has 2 rings (SSSR count). The summed E-state index contributed by atoms with van der Waals surface area (Å²) in [6.45, 7) is 0. The molecule has 0 spiro atoms. The van der Waals surface area contributed by atoms with Crippen LogP contribution in [-0.2, 0) is 6.42 Å². The molecule has 1 aromatic rings. The van der Waals surface area contributed by atoms with Crippen LogP contribution >= 0.6 is 0 Å². The second-order valence-electron chi connectivity index (χ2n) is 3.62. The third-order valence-electron chi connectivity index (χ3n) is 2.50. The van der Waals surface area contributed by atoms with Gasteiger partial charge < -0.3 is 5.73 Å². The molecular formula is C10H14N2. The molecule has 1 fully saturated rings. The van der Waals surface area contributed by atoms with E-state index < -0.39 is 0 Å². The van der Waals surface area contributed by atoms with Gasteiger partial charge in [-0.2, -0.15) is 0 Å². The summed E-state index contributed by atoms with van der Waals surface area (Å²) in [5.74, 6) is 0.787. The maximum absolute atomic E-state index is 5.70. The maximum Gasteiger partial charge on any atom is 0.0406 e. The van der Waals surface area contributed by atoms with Crippen molar-refractivity contribution < 1.29 is 0 Å². The van der Waals surface area contributed by atoms with Crippen molar-refractivity contribution >= 4 is 0 Å². The first-order valence-corrected chi connectivity index (χ1v) is 4.50. The first-order valence-electron chi connectivity index (χ1n) is 4.50. The molecule has 2 nitrogen and oxygen atoms in total. The van der Waals surface area contributed by atoms with Gasteiger partial charge in [-0.15, -0.1) is 0 Å². The monoisotopic (exact) mass is 162 g/mol. The van der Waals surface area contributed by atoms with Gasteiger partial charge in [0.25, 0.3) is 0 Å². The summed E-state index contributed by atoms with van der Waals surface area (Å²) in [7, 11) is 0. The predicted octanol–water partition coefficient (Wildman–Crippen LogP) is 1.36. The number of nitrogens with zero attached hydrogens (tertiary/aromatic N) is 1. The molecule has 64 valence electrons. The van der Waals surface area contributed by atoms with Gasteiger partial charge in [0, 0.05) is 17.9 Å². The van der Waals surface area contributed by atoms with Crippen LogP contribution in [0.3, 0.4) is 0 Å². The molecule has 0 aromatic carbocycles. The van der Waals surface area contributed by atoms with E-state index in [-0.39, 0.29) is 0 Å². The quantitative estimate of drug-likeness (QED) is 0.713. The van der Waals surface area contributed by atoms with Crippen LogP contribution in [-0.4, -0.2) is 11.0 Å². The number of nitrogens with two attached hydrogens (primary N) is 1. The Balaban J connectivity index is 1.88. The number of hydrogen-bond acceptors (Lipinski definition) is 2. The van der Waals surface area contributed by atoms with E-state index in [1.807, 2.05) is 18.3 Å². The third kappa shape index (κ3) is 1.64. The summed E-state index contributed by atoms with van der Waals surface area (Å²) < 4.78 is 0. The van der Waals surface area contributed by atoms with Gasteiger partial charge in [0.2, 0.25) is 0 Å². The molecule has 1 saturated carbocycles. The molecule has 0 atom stereocenters. The average Bonchev–Trinajstić information content (AvgIpc) is 2.04. The van der Waals surface area contributed by atoms with Crippen LogP contribution in [0.1, 0.15) is 18.5 Å². The highest BCUT2D eigenvalue weighted by atomic mass is 14.7. The summed E-state index contributed by atoms with van der Waals surface area (Å²) in [6, 6.07) is 6.54. The zero-order valence-electron chi connectivity index (χ0n) is 7.11. The lowest BCUT2D eigenvalue weighted by molar-refractivity contribution is 0.262. The Morgan fingerprint density at radius 2 is 2.25 bits per heavy atom. The highest BCUT2D eigenvalue weighted by molar-refractivity contribution is 5.05. The van der Waals surface area contributed by atoms with Crippen molar-refractivity contribution in [3.8, 4) is 0 Å². The van der Waals surface area contributed by atoms with Crippen molar-refractivity contribution in [1.29, 1.82) is 0 Å². The predicted molar refractivity (Wildman–Crippen MR) is 48.6 cm³/mol. The van der Waals surface area contributed by atoms with Crippen LogP contribution in [0, 0.1) is 5.92 Å². The van der Waals surface area contributed by atoms with Crippen molar-refractivity contribution in [3.05, 3.63) is 30.1 Å². The van der Waals surface area contributed by atoms with Crippen molar-refractivity contribution in [2.24, 2.45) is 11.7 Å². The Kier molecular flexibility index (Phi) is 2.09. The maximum atomic E-state index is 5.70. The Hall–Kier alpha value is -0.890. The van der Waals surface area contributed by atoms with E-state index in [1.165, 1.54) is 18.5 Å². The summed E-state index contributed by atoms with van der Waals surface area (Å²) in [6.07, 6.45) is 5.32. The zero-order chi connectivity index (χ0) is 8.39. The van der Waals surface area contributed by atoms with E-state index >= 15 is 0 Å². The molecule has 1 aliphatic rings. The van der Waals surface area contributed by atoms with E-state index in [2.05, 4.69) is 11.1 Å². The summed E-state index contributed by atoms with van der Waals surface area (Å²) >= 11 is 0. The van der Waals surface area contributed by atoms with Gasteiger partial charge in [0.05, 0.1) is 0 Å². The van der Waals surface area contributed by atoms with Gasteiger partial charge in [-0.25, -0.2) is 0 Å². The minimum atomic E-state index is 0.457. The van der Waals surface area contributed by atoms with Gasteiger partial charge in [-0.1, -0.05) is 6.07 Å². The molecule has 2 N–H and O–H groups in total. The Morgan fingerprint density at radius 3 is 2.83 bits per heavy atom. The van der Waals surface area contributed by atoms with Crippen LogP contribution < -0.4 is 5.73 Å². The average molecular weight is 162 g/mol. The molecule has 0 bridgehead atoms. The number of aromatic nitrogens is 1. The summed E-state index contributed by atoms with van der Waals surface area (Å²) in [5.41, 5.74) is 6.91. The Morgan fingerprint density at radius 1 is 1.42 bits per heavy atom. The van der Waals surface area contributed by atoms with Gasteiger partial charge in [0.15, 0.2) is 0 Å². The first-order chi connectivity index (χ1) is 5.84. The smallest absolute Gasteiger partial charge is 0.0406 e. The van der Waals surface area contributed by atoms with Crippen LogP contribution in [0.2, 0.25) is 0 Å². The number of hydrogen-bond donors (Lipinski definition) is 1. The second kappa shape index (κ2) is 3.23. The SMILES string of the molecule is NC1CC(Cc2ccccn2)C1. The van der Waals surface area contributed by atoms with Gasteiger partial charge >= 0.3 is 0 Å². The normalized spacial score (nSPS) is 28.1. The fourth-order valence-electron chi connectivity index (χ4n) is 1.77. The molecule has 2 heteroatoms. The molecule has 12 heavy (non-hydrogen) atoms. The van der Waals surface area contributed by atoms with Crippen LogP contribution in [0.15, 0.2) is 24.4 Å². The molecule has 0 radical (unpaired) electrons. The molecule has 0 amide bonds. The van der Waals surface area contributed by atoms with E-state index in [0.717, 1.165) is 12.3 Å². The highest BCUT2D eigenvalue weighted by Gasteiger charge is 2.25. The minimum absolute atomic E-state index is 0.457. The lowest BCUT2D eigenvalue weighted by Gasteiger charge is -2.32. The van der Waals surface area contributed by atoms with E-state index in [1.54, 1.807) is 0 Å². The van der Waals surface area contributed by atoms with Crippen molar-refractivity contribution in [1.82, 2.24) is 4.98 Å². The first kappa shape index (κ1) is 7.74. The van der Waals surface area contributed by atoms with Crippen LogP contribution in [0.5, 0.6) is 0 Å². The Bertz CT molecular complexity index is 239. The van der Waals surface area contributed by atoms with E-state index in [0.29, 0.717) is 6.04 Å². The molecule has 1 aromatic heterocycles. The third-order valence-corrected chi connectivity index (χ3v) is 2.50. The van der Waals surface area contributed by atoms with Crippen LogP contribution in [0.4, 0.5) is 0 Å². The van der Waals surface area contributed by atoms with E-state index in [4.69, 9.17) is 5.73 Å². The summed E-state index contributed by atoms with van der Waals surface area (Å²) in [4.78, 5) is 4.28. The zero-order valence-corrected chi connectivity index (χ0v) is 7.11. The minimum Gasteiger partial charge on any atom is -0.328 e. The fourth-order valence-corrected chi connectivity index (χ4v) is 1.77. The molecule has 1 heterocycles. The van der Waals surface area contributed by atoms with Gasteiger partial charge in [0.1, 0.15) is 0 Å². The highest BCUT2D eigenvalue weighted by Crippen LogP contribution is 2.28. The topological polar surface area (TPSA) is 38.9 Å². The Labute approximate surface area is 72.8 Å². The fraction of sp³-hybridized carbons (Fsp3) is 0.500. The standard InChI is InChI=1S/C10H14N2/c11-9-5-8(6-9)7-10-3-1-2-4-12-10/h1-4,8-9H,5-7,11H2. The molecule has 0 aliphatic heterocycles. The largest absolute Gasteiger partial charge is 0.328 e. The van der Waals surface area contributed by atoms with E-state index in [9.17, 15) is 0 Å². The molecule has 1 aliphatic carbocycles. The lowest BCUT2D eigenvalue weighted by atomic mass is 9.78. The molecule has 0 saturated heterocycles. The molecule has 0 unspecified atom stereocenters. The van der Waals surface area contributed by atoms with Crippen LogP contribution in [0.25, 0.3) is 0 Å². The number of rotatable bonds is 2. The van der Waals surface area contributed by atoms with Crippen molar-refractivity contribution in [2.75, 3.05) is 0 Å². The lowest BCUT2D eigenvalue weighted by Crippen LogP contribution is -2.37. The van der Waals surface area contributed by atoms with Gasteiger partial charge in [-0.05, 0) is 37.3 Å². The summed E-state index contributed by atoms with van der Waals surface area (Å²) in [5, 5.41) is 0. The molecular weight excluding hydrogens is 148 g/mol. The van der Waals surface area contributed by atoms with Crippen molar-refractivity contribution in [3.63, 3.8) is 0 Å². The van der Waals surface area contributed by atoms with Crippen molar-refractivity contribution in [2.45, 2.75) is 25.3 Å².